The molecule has 0 aromatic carbocycles. The molecule has 0 rings (SSSR count). The van der Waals surface area contributed by atoms with E-state index in [2.05, 4.69) is 5.32 Å². The number of hydrogen-bond acceptors (Lipinski definition) is 4. The zero-order chi connectivity index (χ0) is 12.6. The van der Waals surface area contributed by atoms with Crippen LogP contribution >= 0.6 is 0 Å². The van der Waals surface area contributed by atoms with Crippen LogP contribution in [-0.2, 0) is 14.3 Å². The average molecular weight is 231 g/mol. The van der Waals surface area contributed by atoms with Gasteiger partial charge in [-0.3, -0.25) is 4.79 Å². The summed E-state index contributed by atoms with van der Waals surface area (Å²) in [7, 11) is 1.66. The minimum atomic E-state index is -0.231. The van der Waals surface area contributed by atoms with E-state index in [1.807, 2.05) is 27.7 Å². The molecule has 0 fully saturated rings. The maximum atomic E-state index is 11.5. The summed E-state index contributed by atoms with van der Waals surface area (Å²) in [6, 6.07) is 0. The van der Waals surface area contributed by atoms with Crippen molar-refractivity contribution in [1.29, 1.82) is 0 Å². The Morgan fingerprint density at radius 2 is 2.06 bits per heavy atom. The Bertz CT molecular complexity index is 204. The Labute approximate surface area is 98.7 Å². The molecule has 0 spiro atoms. The molecule has 1 atom stereocenters. The van der Waals surface area contributed by atoms with Crippen LogP contribution in [0.2, 0.25) is 0 Å². The molecular formula is C12H25NO3. The summed E-state index contributed by atoms with van der Waals surface area (Å²) in [5, 5.41) is 3.12. The van der Waals surface area contributed by atoms with Crippen molar-refractivity contribution in [2.75, 3.05) is 26.8 Å². The average Bonchev–Trinajstić information content (AvgIpc) is 2.25. The van der Waals surface area contributed by atoms with E-state index in [1.54, 1.807) is 7.11 Å². The van der Waals surface area contributed by atoms with Crippen molar-refractivity contribution in [2.24, 2.45) is 5.92 Å². The molecule has 0 aliphatic heterocycles. The molecule has 1 N–H and O–H groups in total. The Kier molecular flexibility index (Phi) is 7.34. The Hall–Kier alpha value is -0.610. The molecule has 1 unspecified atom stereocenters. The largest absolute Gasteiger partial charge is 0.465 e. The van der Waals surface area contributed by atoms with Crippen molar-refractivity contribution in [1.82, 2.24) is 5.32 Å². The van der Waals surface area contributed by atoms with Crippen molar-refractivity contribution in [3.05, 3.63) is 0 Å². The number of methoxy groups -OCH3 is 1. The third-order valence-corrected chi connectivity index (χ3v) is 2.60. The molecule has 16 heavy (non-hydrogen) atoms. The fourth-order valence-corrected chi connectivity index (χ4v) is 1.09. The molecule has 0 aliphatic rings. The predicted molar refractivity (Wildman–Crippen MR) is 64.4 cm³/mol. The second-order valence-electron chi connectivity index (χ2n) is 4.59. The maximum Gasteiger partial charge on any atom is 0.309 e. The zero-order valence-corrected chi connectivity index (χ0v) is 11.1. The fraction of sp³-hybridized carbons (Fsp3) is 0.917. The van der Waals surface area contributed by atoms with Crippen LogP contribution in [0, 0.1) is 5.92 Å². The van der Waals surface area contributed by atoms with Gasteiger partial charge in [0.15, 0.2) is 0 Å². The molecule has 0 aromatic rings. The Morgan fingerprint density at radius 1 is 1.44 bits per heavy atom. The van der Waals surface area contributed by atoms with E-state index in [9.17, 15) is 4.79 Å². The third-order valence-electron chi connectivity index (χ3n) is 2.60. The molecule has 0 saturated heterocycles. The van der Waals surface area contributed by atoms with Gasteiger partial charge in [-0.15, -0.1) is 0 Å². The van der Waals surface area contributed by atoms with E-state index in [0.717, 1.165) is 6.54 Å². The molecule has 0 aliphatic carbocycles. The molecule has 0 amide bonds. The van der Waals surface area contributed by atoms with Crippen LogP contribution in [0.4, 0.5) is 0 Å². The van der Waals surface area contributed by atoms with Gasteiger partial charge >= 0.3 is 5.97 Å². The first-order valence-electron chi connectivity index (χ1n) is 5.85. The molecule has 0 bridgehead atoms. The van der Waals surface area contributed by atoms with E-state index in [1.165, 1.54) is 0 Å². The summed E-state index contributed by atoms with van der Waals surface area (Å²) in [5.74, 6) is -0.238. The van der Waals surface area contributed by atoms with Crippen LogP contribution in [-0.4, -0.2) is 38.4 Å². The SMILES string of the molecule is CCNCC(C)C(=O)OCCC(C)(C)OC. The van der Waals surface area contributed by atoms with Crippen molar-refractivity contribution in [3.63, 3.8) is 0 Å². The smallest absolute Gasteiger partial charge is 0.309 e. The van der Waals surface area contributed by atoms with Gasteiger partial charge in [0.2, 0.25) is 0 Å². The monoisotopic (exact) mass is 231 g/mol. The summed E-state index contributed by atoms with van der Waals surface area (Å²) in [6.45, 7) is 9.78. The summed E-state index contributed by atoms with van der Waals surface area (Å²) in [4.78, 5) is 11.5. The number of esters is 1. The number of rotatable bonds is 8. The highest BCUT2D eigenvalue weighted by atomic mass is 16.5. The lowest BCUT2D eigenvalue weighted by molar-refractivity contribution is -0.149. The van der Waals surface area contributed by atoms with Gasteiger partial charge in [-0.2, -0.15) is 0 Å². The number of nitrogens with one attached hydrogen (secondary N) is 1. The predicted octanol–water partition coefficient (Wildman–Crippen LogP) is 1.59. The van der Waals surface area contributed by atoms with Crippen molar-refractivity contribution in [3.8, 4) is 0 Å². The summed E-state index contributed by atoms with van der Waals surface area (Å²) in [6.07, 6.45) is 0.711. The fourth-order valence-electron chi connectivity index (χ4n) is 1.09. The Balaban J connectivity index is 3.72. The molecule has 0 heterocycles. The highest BCUT2D eigenvalue weighted by molar-refractivity contribution is 5.72. The number of ether oxygens (including phenoxy) is 2. The topological polar surface area (TPSA) is 47.6 Å². The summed E-state index contributed by atoms with van der Waals surface area (Å²) < 4.78 is 10.4. The van der Waals surface area contributed by atoms with Gasteiger partial charge in [0.1, 0.15) is 0 Å². The number of carbonyl (C=O) groups is 1. The molecular weight excluding hydrogens is 206 g/mol. The van der Waals surface area contributed by atoms with E-state index in [0.29, 0.717) is 19.6 Å². The van der Waals surface area contributed by atoms with Crippen LogP contribution in [0.5, 0.6) is 0 Å². The number of hydrogen-bond donors (Lipinski definition) is 1. The number of carbonyl (C=O) groups excluding carboxylic acids is 1. The van der Waals surface area contributed by atoms with Crippen LogP contribution < -0.4 is 5.32 Å². The van der Waals surface area contributed by atoms with E-state index >= 15 is 0 Å². The van der Waals surface area contributed by atoms with Gasteiger partial charge in [0.25, 0.3) is 0 Å². The molecule has 0 radical (unpaired) electrons. The minimum absolute atomic E-state index is 0.0920. The first kappa shape index (κ1) is 15.4. The maximum absolute atomic E-state index is 11.5. The normalized spacial score (nSPS) is 13.6. The minimum Gasteiger partial charge on any atom is -0.465 e. The van der Waals surface area contributed by atoms with Gasteiger partial charge in [-0.1, -0.05) is 13.8 Å². The summed E-state index contributed by atoms with van der Waals surface area (Å²) in [5.41, 5.74) is -0.231. The quantitative estimate of drug-likeness (QED) is 0.644. The lowest BCUT2D eigenvalue weighted by Gasteiger charge is -2.22. The highest BCUT2D eigenvalue weighted by Gasteiger charge is 2.18. The lowest BCUT2D eigenvalue weighted by Crippen LogP contribution is -2.30. The second-order valence-corrected chi connectivity index (χ2v) is 4.59. The zero-order valence-electron chi connectivity index (χ0n) is 11.1. The van der Waals surface area contributed by atoms with E-state index in [-0.39, 0.29) is 17.5 Å². The third kappa shape index (κ3) is 6.80. The van der Waals surface area contributed by atoms with Crippen molar-refractivity contribution < 1.29 is 14.3 Å². The van der Waals surface area contributed by atoms with Gasteiger partial charge in [0.05, 0.1) is 18.1 Å². The Morgan fingerprint density at radius 3 is 2.56 bits per heavy atom. The van der Waals surface area contributed by atoms with Crippen LogP contribution in [0.25, 0.3) is 0 Å². The van der Waals surface area contributed by atoms with Gasteiger partial charge in [0, 0.05) is 20.1 Å². The van der Waals surface area contributed by atoms with Gasteiger partial charge in [-0.25, -0.2) is 0 Å². The molecule has 96 valence electrons. The second kappa shape index (κ2) is 7.63. The summed E-state index contributed by atoms with van der Waals surface area (Å²) >= 11 is 0. The van der Waals surface area contributed by atoms with Gasteiger partial charge in [-0.05, 0) is 20.4 Å². The first-order chi connectivity index (χ1) is 7.43. The molecule has 0 aromatic heterocycles. The van der Waals surface area contributed by atoms with Crippen molar-refractivity contribution >= 4 is 5.97 Å². The van der Waals surface area contributed by atoms with Crippen LogP contribution in [0.1, 0.15) is 34.1 Å². The first-order valence-corrected chi connectivity index (χ1v) is 5.85. The lowest BCUT2D eigenvalue weighted by atomic mass is 10.1. The van der Waals surface area contributed by atoms with E-state index in [4.69, 9.17) is 9.47 Å². The molecule has 0 saturated carbocycles. The van der Waals surface area contributed by atoms with Crippen LogP contribution in [0.15, 0.2) is 0 Å². The van der Waals surface area contributed by atoms with Crippen LogP contribution in [0.3, 0.4) is 0 Å². The van der Waals surface area contributed by atoms with Crippen molar-refractivity contribution in [2.45, 2.75) is 39.7 Å². The standard InChI is InChI=1S/C12H25NO3/c1-6-13-9-10(2)11(14)16-8-7-12(3,4)15-5/h10,13H,6-9H2,1-5H3. The highest BCUT2D eigenvalue weighted by Crippen LogP contribution is 2.12. The molecule has 4 heteroatoms. The molecule has 4 nitrogen and oxygen atoms in total. The van der Waals surface area contributed by atoms with E-state index < -0.39 is 0 Å². The van der Waals surface area contributed by atoms with Gasteiger partial charge < -0.3 is 14.8 Å².